The Hall–Kier alpha value is -2.49. The number of amides is 1. The van der Waals surface area contributed by atoms with E-state index >= 15 is 0 Å². The molecule has 156 valence electrons. The molecule has 0 aliphatic carbocycles. The maximum atomic E-state index is 12.9. The van der Waals surface area contributed by atoms with Crippen LogP contribution in [-0.2, 0) is 14.8 Å². The van der Waals surface area contributed by atoms with Crippen LogP contribution in [0.2, 0.25) is 0 Å². The van der Waals surface area contributed by atoms with E-state index < -0.39 is 10.0 Å². The molecule has 0 spiro atoms. The van der Waals surface area contributed by atoms with E-state index in [0.29, 0.717) is 29.1 Å². The molecule has 1 aliphatic heterocycles. The highest BCUT2D eigenvalue weighted by Gasteiger charge is 2.26. The van der Waals surface area contributed by atoms with Crippen LogP contribution in [-0.4, -0.2) is 47.4 Å². The number of piperidine rings is 1. The van der Waals surface area contributed by atoms with Gasteiger partial charge in [-0.2, -0.15) is 4.31 Å². The van der Waals surface area contributed by atoms with Gasteiger partial charge < -0.3 is 5.32 Å². The first-order valence-electron chi connectivity index (χ1n) is 9.77. The number of hydrogen-bond donors (Lipinski definition) is 1. The van der Waals surface area contributed by atoms with Gasteiger partial charge in [-0.1, -0.05) is 36.4 Å². The molecule has 1 saturated heterocycles. The maximum Gasteiger partial charge on any atom is 0.243 e. The van der Waals surface area contributed by atoms with Crippen molar-refractivity contribution in [1.82, 2.24) is 14.3 Å². The summed E-state index contributed by atoms with van der Waals surface area (Å²) in [5.41, 5.74) is 1.86. The summed E-state index contributed by atoms with van der Waals surface area (Å²) < 4.78 is 27.3. The van der Waals surface area contributed by atoms with Gasteiger partial charge in [-0.25, -0.2) is 13.4 Å². The highest BCUT2D eigenvalue weighted by Crippen LogP contribution is 2.24. The van der Waals surface area contributed by atoms with Crippen LogP contribution in [0.15, 0.2) is 64.6 Å². The topological polar surface area (TPSA) is 92.3 Å². The SMILES string of the molecule is O=C(CSc1cnc2cc(S(=O)(=O)N3CCCCC3)ccc2n1)Nc1ccccc1. The highest BCUT2D eigenvalue weighted by atomic mass is 32.2. The number of thioether (sulfide) groups is 1. The van der Waals surface area contributed by atoms with Gasteiger partial charge in [-0.3, -0.25) is 9.78 Å². The Labute approximate surface area is 180 Å². The van der Waals surface area contributed by atoms with Crippen molar-refractivity contribution >= 4 is 44.4 Å². The predicted molar refractivity (Wildman–Crippen MR) is 118 cm³/mol. The Balaban J connectivity index is 1.44. The molecule has 1 amide bonds. The molecule has 30 heavy (non-hydrogen) atoms. The van der Waals surface area contributed by atoms with Crippen LogP contribution in [0.3, 0.4) is 0 Å². The first-order valence-corrected chi connectivity index (χ1v) is 12.2. The number of nitrogens with one attached hydrogen (secondary N) is 1. The quantitative estimate of drug-likeness (QED) is 0.587. The number of anilines is 1. The van der Waals surface area contributed by atoms with Gasteiger partial charge in [-0.15, -0.1) is 0 Å². The number of sulfonamides is 1. The fraction of sp³-hybridized carbons (Fsp3) is 0.286. The summed E-state index contributed by atoms with van der Waals surface area (Å²) in [6, 6.07) is 14.1. The largest absolute Gasteiger partial charge is 0.325 e. The molecule has 0 atom stereocenters. The second-order valence-electron chi connectivity index (χ2n) is 7.03. The zero-order valence-corrected chi connectivity index (χ0v) is 18.0. The lowest BCUT2D eigenvalue weighted by Crippen LogP contribution is -2.35. The standard InChI is InChI=1S/C21H22N4O3S2/c26-20(23-16-7-3-1-4-8-16)15-29-21-14-22-19-13-17(9-10-18(19)24-21)30(27,28)25-11-5-2-6-12-25/h1,3-4,7-10,13-14H,2,5-6,11-12,15H2,(H,23,26). The molecule has 1 N–H and O–H groups in total. The highest BCUT2D eigenvalue weighted by molar-refractivity contribution is 7.99. The van der Waals surface area contributed by atoms with Crippen molar-refractivity contribution in [3.05, 3.63) is 54.7 Å². The minimum absolute atomic E-state index is 0.129. The van der Waals surface area contributed by atoms with Crippen molar-refractivity contribution in [1.29, 1.82) is 0 Å². The number of carbonyl (C=O) groups excluding carboxylic acids is 1. The molecule has 7 nitrogen and oxygen atoms in total. The Kier molecular flexibility index (Phi) is 6.31. The lowest BCUT2D eigenvalue weighted by molar-refractivity contribution is -0.113. The van der Waals surface area contributed by atoms with Crippen molar-refractivity contribution < 1.29 is 13.2 Å². The maximum absolute atomic E-state index is 12.9. The first kappa shape index (κ1) is 20.8. The van der Waals surface area contributed by atoms with Gasteiger partial charge in [0.05, 0.1) is 27.9 Å². The van der Waals surface area contributed by atoms with E-state index in [1.165, 1.54) is 11.8 Å². The molecular weight excluding hydrogens is 420 g/mol. The smallest absolute Gasteiger partial charge is 0.243 e. The fourth-order valence-corrected chi connectivity index (χ4v) is 5.49. The number of hydrogen-bond acceptors (Lipinski definition) is 6. The molecule has 4 rings (SSSR count). The van der Waals surface area contributed by atoms with Gasteiger partial charge >= 0.3 is 0 Å². The van der Waals surface area contributed by atoms with Crippen molar-refractivity contribution in [3.63, 3.8) is 0 Å². The number of carbonyl (C=O) groups is 1. The molecule has 2 aromatic carbocycles. The van der Waals surface area contributed by atoms with E-state index in [1.54, 1.807) is 28.7 Å². The van der Waals surface area contributed by atoms with Crippen molar-refractivity contribution in [3.8, 4) is 0 Å². The van der Waals surface area contributed by atoms with Crippen LogP contribution in [0.5, 0.6) is 0 Å². The second-order valence-corrected chi connectivity index (χ2v) is 9.96. The molecule has 1 fully saturated rings. The van der Waals surface area contributed by atoms with E-state index in [1.807, 2.05) is 30.3 Å². The van der Waals surface area contributed by atoms with E-state index in [0.717, 1.165) is 24.9 Å². The van der Waals surface area contributed by atoms with Crippen LogP contribution >= 0.6 is 11.8 Å². The van der Waals surface area contributed by atoms with Gasteiger partial charge in [-0.05, 0) is 43.2 Å². The summed E-state index contributed by atoms with van der Waals surface area (Å²) in [6.45, 7) is 1.12. The monoisotopic (exact) mass is 442 g/mol. The van der Waals surface area contributed by atoms with Gasteiger partial charge in [0, 0.05) is 18.8 Å². The summed E-state index contributed by atoms with van der Waals surface area (Å²) in [6.07, 6.45) is 4.43. The lowest BCUT2D eigenvalue weighted by Gasteiger charge is -2.25. The molecule has 2 heterocycles. The van der Waals surface area contributed by atoms with Crippen molar-refractivity contribution in [2.75, 3.05) is 24.2 Å². The summed E-state index contributed by atoms with van der Waals surface area (Å²) in [5.74, 6) is 0.0762. The molecule has 1 aliphatic rings. The Morgan fingerprint density at radius 2 is 1.80 bits per heavy atom. The summed E-state index contributed by atoms with van der Waals surface area (Å²) in [5, 5.41) is 3.43. The predicted octanol–water partition coefficient (Wildman–Crippen LogP) is 3.54. The number of fused-ring (bicyclic) bond motifs is 1. The summed E-state index contributed by atoms with van der Waals surface area (Å²) in [7, 11) is -3.51. The minimum atomic E-state index is -3.51. The van der Waals surface area contributed by atoms with E-state index in [-0.39, 0.29) is 16.6 Å². The summed E-state index contributed by atoms with van der Waals surface area (Å²) in [4.78, 5) is 21.2. The zero-order chi connectivity index (χ0) is 21.0. The number of para-hydroxylation sites is 1. The average molecular weight is 443 g/mol. The normalized spacial score (nSPS) is 15.2. The van der Waals surface area contributed by atoms with Crippen LogP contribution in [0.4, 0.5) is 5.69 Å². The molecule has 9 heteroatoms. The molecular formula is C21H22N4O3S2. The van der Waals surface area contributed by atoms with Gasteiger partial charge in [0.25, 0.3) is 0 Å². The molecule has 3 aromatic rings. The van der Waals surface area contributed by atoms with Crippen LogP contribution in [0.1, 0.15) is 19.3 Å². The molecule has 0 saturated carbocycles. The fourth-order valence-electron chi connectivity index (χ4n) is 3.32. The van der Waals surface area contributed by atoms with Gasteiger partial charge in [0.2, 0.25) is 15.9 Å². The third-order valence-corrected chi connectivity index (χ3v) is 7.65. The average Bonchev–Trinajstić information content (AvgIpc) is 2.78. The van der Waals surface area contributed by atoms with Crippen molar-refractivity contribution in [2.24, 2.45) is 0 Å². The molecule has 0 bridgehead atoms. The van der Waals surface area contributed by atoms with Crippen LogP contribution < -0.4 is 5.32 Å². The van der Waals surface area contributed by atoms with Crippen LogP contribution in [0.25, 0.3) is 11.0 Å². The zero-order valence-electron chi connectivity index (χ0n) is 16.3. The van der Waals surface area contributed by atoms with Gasteiger partial charge in [0.15, 0.2) is 0 Å². The van der Waals surface area contributed by atoms with E-state index in [4.69, 9.17) is 0 Å². The lowest BCUT2D eigenvalue weighted by atomic mass is 10.2. The van der Waals surface area contributed by atoms with Crippen molar-refractivity contribution in [2.45, 2.75) is 29.2 Å². The van der Waals surface area contributed by atoms with Crippen LogP contribution in [0, 0.1) is 0 Å². The van der Waals surface area contributed by atoms with E-state index in [2.05, 4.69) is 15.3 Å². The van der Waals surface area contributed by atoms with E-state index in [9.17, 15) is 13.2 Å². The second kappa shape index (κ2) is 9.11. The molecule has 0 unspecified atom stereocenters. The number of benzene rings is 2. The number of rotatable bonds is 6. The van der Waals surface area contributed by atoms with Gasteiger partial charge in [0.1, 0.15) is 5.03 Å². The third kappa shape index (κ3) is 4.80. The summed E-state index contributed by atoms with van der Waals surface area (Å²) >= 11 is 1.28. The number of nitrogens with zero attached hydrogens (tertiary/aromatic N) is 3. The Morgan fingerprint density at radius 1 is 1.03 bits per heavy atom. The molecule has 1 aromatic heterocycles. The third-order valence-electron chi connectivity index (χ3n) is 4.85. The Morgan fingerprint density at radius 3 is 2.57 bits per heavy atom. The number of aromatic nitrogens is 2. The molecule has 0 radical (unpaired) electrons. The Bertz CT molecular complexity index is 1150. The minimum Gasteiger partial charge on any atom is -0.325 e. The first-order chi connectivity index (χ1) is 14.5.